The highest BCUT2D eigenvalue weighted by atomic mass is 32.2. The maximum absolute atomic E-state index is 12.8. The lowest BCUT2D eigenvalue weighted by molar-refractivity contribution is -0.125. The van der Waals surface area contributed by atoms with Gasteiger partial charge in [0.1, 0.15) is 0 Å². The number of hydrogen-bond donors (Lipinski definition) is 1. The van der Waals surface area contributed by atoms with Crippen LogP contribution in [-0.2, 0) is 20.7 Å². The quantitative estimate of drug-likeness (QED) is 0.488. The fourth-order valence-corrected chi connectivity index (χ4v) is 5.37. The minimum atomic E-state index is -0.551. The summed E-state index contributed by atoms with van der Waals surface area (Å²) in [5.74, 6) is 0.117. The van der Waals surface area contributed by atoms with Crippen LogP contribution >= 0.6 is 11.8 Å². The van der Waals surface area contributed by atoms with Gasteiger partial charge in [-0.1, -0.05) is 37.3 Å². The molecule has 174 valence electrons. The normalized spacial score (nSPS) is 19.6. The van der Waals surface area contributed by atoms with E-state index in [0.717, 1.165) is 37.8 Å². The maximum Gasteiger partial charge on any atom is 0.339 e. The third-order valence-electron chi connectivity index (χ3n) is 6.36. The predicted molar refractivity (Wildman–Crippen MR) is 130 cm³/mol. The van der Waals surface area contributed by atoms with E-state index in [-0.39, 0.29) is 30.2 Å². The Morgan fingerprint density at radius 2 is 1.76 bits per heavy atom. The highest BCUT2D eigenvalue weighted by Gasteiger charge is 2.25. The molecule has 1 saturated carbocycles. The fraction of sp³-hybridized carbons (Fsp3) is 0.423. The molecule has 0 atom stereocenters. The van der Waals surface area contributed by atoms with E-state index in [2.05, 4.69) is 12.2 Å². The molecule has 2 aromatic carbocycles. The summed E-state index contributed by atoms with van der Waals surface area (Å²) in [7, 11) is 0. The van der Waals surface area contributed by atoms with Gasteiger partial charge in [-0.25, -0.2) is 4.79 Å². The number of ether oxygens (including phenoxy) is 1. The van der Waals surface area contributed by atoms with Crippen LogP contribution in [0.25, 0.3) is 0 Å². The van der Waals surface area contributed by atoms with Crippen LogP contribution in [-0.4, -0.2) is 42.7 Å². The Labute approximate surface area is 199 Å². The van der Waals surface area contributed by atoms with Crippen LogP contribution in [0.5, 0.6) is 0 Å². The second-order valence-corrected chi connectivity index (χ2v) is 9.83. The minimum absolute atomic E-state index is 0.00861. The summed E-state index contributed by atoms with van der Waals surface area (Å²) in [6.07, 6.45) is 5.01. The molecule has 2 aromatic rings. The molecule has 7 heteroatoms. The summed E-state index contributed by atoms with van der Waals surface area (Å²) >= 11 is 1.32. The molecule has 0 saturated heterocycles. The van der Waals surface area contributed by atoms with Crippen LogP contribution in [0.1, 0.15) is 48.5 Å². The molecule has 1 aliphatic heterocycles. The Morgan fingerprint density at radius 3 is 2.58 bits per heavy atom. The van der Waals surface area contributed by atoms with Crippen LogP contribution in [0.3, 0.4) is 0 Å². The second kappa shape index (κ2) is 10.9. The number of carbonyl (C=O) groups is 3. The molecule has 0 spiro atoms. The average molecular weight is 467 g/mol. The third-order valence-corrected chi connectivity index (χ3v) is 7.42. The van der Waals surface area contributed by atoms with Crippen LogP contribution in [0, 0.1) is 5.92 Å². The number of nitrogens with zero attached hydrogens (tertiary/aromatic N) is 1. The number of amides is 2. The largest absolute Gasteiger partial charge is 0.452 e. The molecule has 1 fully saturated rings. The van der Waals surface area contributed by atoms with Gasteiger partial charge in [-0.05, 0) is 61.8 Å². The van der Waals surface area contributed by atoms with E-state index in [1.807, 2.05) is 30.3 Å². The van der Waals surface area contributed by atoms with E-state index >= 15 is 0 Å². The van der Waals surface area contributed by atoms with Crippen molar-refractivity contribution < 1.29 is 19.1 Å². The van der Waals surface area contributed by atoms with Crippen molar-refractivity contribution in [3.63, 3.8) is 0 Å². The zero-order valence-electron chi connectivity index (χ0n) is 18.9. The van der Waals surface area contributed by atoms with Gasteiger partial charge in [0.15, 0.2) is 6.61 Å². The Morgan fingerprint density at radius 1 is 1.03 bits per heavy atom. The van der Waals surface area contributed by atoms with Crippen LogP contribution < -0.4 is 10.2 Å². The van der Waals surface area contributed by atoms with Crippen molar-refractivity contribution in [2.45, 2.75) is 50.0 Å². The van der Waals surface area contributed by atoms with Gasteiger partial charge in [0.25, 0.3) is 5.91 Å². The zero-order chi connectivity index (χ0) is 23.2. The number of rotatable bonds is 7. The van der Waals surface area contributed by atoms with Crippen molar-refractivity contribution in [1.29, 1.82) is 0 Å². The molecule has 33 heavy (non-hydrogen) atoms. The molecule has 2 amide bonds. The molecule has 0 bridgehead atoms. The molecule has 1 aliphatic carbocycles. The van der Waals surface area contributed by atoms with Crippen molar-refractivity contribution in [3.8, 4) is 0 Å². The van der Waals surface area contributed by atoms with Gasteiger partial charge in [-0.15, -0.1) is 11.8 Å². The Balaban J connectivity index is 1.29. The molecule has 0 unspecified atom stereocenters. The summed E-state index contributed by atoms with van der Waals surface area (Å²) in [6.45, 7) is 2.61. The first-order valence-corrected chi connectivity index (χ1v) is 12.6. The number of hydrogen-bond acceptors (Lipinski definition) is 5. The van der Waals surface area contributed by atoms with Gasteiger partial charge in [-0.3, -0.25) is 9.59 Å². The topological polar surface area (TPSA) is 75.7 Å². The van der Waals surface area contributed by atoms with Gasteiger partial charge in [-0.2, -0.15) is 0 Å². The van der Waals surface area contributed by atoms with E-state index in [1.54, 1.807) is 23.1 Å². The Bertz CT molecular complexity index is 1020. The van der Waals surface area contributed by atoms with Gasteiger partial charge in [0.05, 0.1) is 11.3 Å². The van der Waals surface area contributed by atoms with E-state index in [1.165, 1.54) is 17.3 Å². The number of nitrogens with one attached hydrogen (secondary N) is 1. The van der Waals surface area contributed by atoms with Crippen molar-refractivity contribution in [3.05, 3.63) is 59.7 Å². The number of esters is 1. The molecule has 1 N–H and O–H groups in total. The zero-order valence-corrected chi connectivity index (χ0v) is 19.7. The molecule has 0 aromatic heterocycles. The lowest BCUT2D eigenvalue weighted by atomic mass is 9.87. The van der Waals surface area contributed by atoms with Gasteiger partial charge in [0.2, 0.25) is 5.91 Å². The number of carbonyl (C=O) groups excluding carboxylic acids is 3. The lowest BCUT2D eigenvalue weighted by Crippen LogP contribution is -2.39. The van der Waals surface area contributed by atoms with Crippen LogP contribution in [0.4, 0.5) is 5.69 Å². The monoisotopic (exact) mass is 466 g/mol. The number of fused-ring (bicyclic) bond motifs is 1. The Hall–Kier alpha value is -2.80. The summed E-state index contributed by atoms with van der Waals surface area (Å²) in [6, 6.07) is 15.1. The van der Waals surface area contributed by atoms with Gasteiger partial charge in [0, 0.05) is 23.2 Å². The first-order chi connectivity index (χ1) is 16.0. The smallest absolute Gasteiger partial charge is 0.339 e. The van der Waals surface area contributed by atoms with Crippen LogP contribution in [0.15, 0.2) is 53.4 Å². The number of para-hydroxylation sites is 1. The summed E-state index contributed by atoms with van der Waals surface area (Å²) in [4.78, 5) is 40.2. The van der Waals surface area contributed by atoms with Gasteiger partial charge >= 0.3 is 5.97 Å². The van der Waals surface area contributed by atoms with Crippen molar-refractivity contribution >= 4 is 35.2 Å². The summed E-state index contributed by atoms with van der Waals surface area (Å²) in [5.41, 5.74) is 2.52. The molecule has 1 heterocycles. The lowest BCUT2D eigenvalue weighted by Gasteiger charge is -2.26. The SMILES string of the molecule is CC1CCC(NC(=O)COC(=O)c2ccccc2SCC(=O)N2CCc3ccccc32)CC1. The highest BCUT2D eigenvalue weighted by Crippen LogP contribution is 2.30. The van der Waals surface area contributed by atoms with E-state index < -0.39 is 5.97 Å². The predicted octanol–water partition coefficient (Wildman–Crippen LogP) is 4.22. The molecular formula is C26H30N2O4S. The van der Waals surface area contributed by atoms with E-state index in [4.69, 9.17) is 4.74 Å². The third kappa shape index (κ3) is 5.96. The van der Waals surface area contributed by atoms with Gasteiger partial charge < -0.3 is 15.0 Å². The van der Waals surface area contributed by atoms with Crippen LogP contribution in [0.2, 0.25) is 0 Å². The molecular weight excluding hydrogens is 436 g/mol. The summed E-state index contributed by atoms with van der Waals surface area (Å²) in [5, 5.41) is 2.97. The summed E-state index contributed by atoms with van der Waals surface area (Å²) < 4.78 is 5.29. The standard InChI is InChI=1S/C26H30N2O4S/c1-18-10-12-20(13-11-18)27-24(29)16-32-26(31)21-7-3-5-9-23(21)33-17-25(30)28-15-14-19-6-2-4-8-22(19)28/h2-9,18,20H,10-17H2,1H3,(H,27,29). The van der Waals surface area contributed by atoms with Crippen molar-refractivity contribution in [2.24, 2.45) is 5.92 Å². The Kier molecular flexibility index (Phi) is 7.70. The average Bonchev–Trinajstić information content (AvgIpc) is 3.27. The van der Waals surface area contributed by atoms with Crippen molar-refractivity contribution in [1.82, 2.24) is 5.32 Å². The van der Waals surface area contributed by atoms with E-state index in [9.17, 15) is 14.4 Å². The molecule has 0 radical (unpaired) electrons. The highest BCUT2D eigenvalue weighted by molar-refractivity contribution is 8.00. The maximum atomic E-state index is 12.8. The number of thioether (sulfide) groups is 1. The first kappa shape index (κ1) is 23.4. The second-order valence-electron chi connectivity index (χ2n) is 8.81. The minimum Gasteiger partial charge on any atom is -0.452 e. The fourth-order valence-electron chi connectivity index (χ4n) is 4.46. The van der Waals surface area contributed by atoms with E-state index in [0.29, 0.717) is 22.9 Å². The molecule has 6 nitrogen and oxygen atoms in total. The van der Waals surface area contributed by atoms with Crippen molar-refractivity contribution in [2.75, 3.05) is 23.8 Å². The number of anilines is 1. The molecule has 2 aliphatic rings. The number of benzene rings is 2. The first-order valence-electron chi connectivity index (χ1n) is 11.6. The molecule has 4 rings (SSSR count).